The number of hydrogen-bond donors (Lipinski definition) is 1. The molecule has 1 rings (SSSR count). The number of ether oxygens (including phenoxy) is 1. The third kappa shape index (κ3) is 6.15. The Morgan fingerprint density at radius 3 is 2.63 bits per heavy atom. The number of nitrogens with zero attached hydrogens (tertiary/aromatic N) is 1. The number of amides is 2. The van der Waals surface area contributed by atoms with Crippen LogP contribution in [0.2, 0.25) is 0 Å². The van der Waals surface area contributed by atoms with Gasteiger partial charge in [-0.25, -0.2) is 13.6 Å². The van der Waals surface area contributed by atoms with E-state index >= 15 is 0 Å². The molecule has 0 saturated heterocycles. The van der Waals surface area contributed by atoms with Crippen LogP contribution in [-0.4, -0.2) is 44.2 Å². The SMILES string of the molecule is COCCNC(=O)N(Cc1ccccc1)CC(F)F. The lowest BCUT2D eigenvalue weighted by atomic mass is 10.2. The fourth-order valence-corrected chi connectivity index (χ4v) is 1.56. The number of urea groups is 1. The van der Waals surface area contributed by atoms with Crippen LogP contribution in [0.5, 0.6) is 0 Å². The zero-order valence-electron chi connectivity index (χ0n) is 10.8. The number of hydrogen-bond acceptors (Lipinski definition) is 2. The van der Waals surface area contributed by atoms with Crippen molar-refractivity contribution in [1.82, 2.24) is 10.2 Å². The van der Waals surface area contributed by atoms with Crippen molar-refractivity contribution < 1.29 is 18.3 Å². The van der Waals surface area contributed by atoms with E-state index in [4.69, 9.17) is 4.74 Å². The summed E-state index contributed by atoms with van der Waals surface area (Å²) in [6.07, 6.45) is -2.56. The molecule has 0 spiro atoms. The maximum atomic E-state index is 12.5. The predicted octanol–water partition coefficient (Wildman–Crippen LogP) is 2.11. The Kier molecular flexibility index (Phi) is 6.81. The Bertz CT molecular complexity index is 374. The summed E-state index contributed by atoms with van der Waals surface area (Å²) in [5.74, 6) is 0. The van der Waals surface area contributed by atoms with E-state index in [1.54, 1.807) is 24.3 Å². The standard InChI is InChI=1S/C13H18F2N2O2/c1-19-8-7-16-13(18)17(10-12(14)15)9-11-5-3-2-4-6-11/h2-6,12H,7-10H2,1H3,(H,16,18). The van der Waals surface area contributed by atoms with Gasteiger partial charge in [-0.2, -0.15) is 0 Å². The fraction of sp³-hybridized carbons (Fsp3) is 0.462. The number of benzene rings is 1. The van der Waals surface area contributed by atoms with Crippen molar-refractivity contribution in [2.24, 2.45) is 0 Å². The normalized spacial score (nSPS) is 10.5. The first kappa shape index (κ1) is 15.4. The molecular formula is C13H18F2N2O2. The zero-order valence-corrected chi connectivity index (χ0v) is 10.8. The molecular weight excluding hydrogens is 254 g/mol. The summed E-state index contributed by atoms with van der Waals surface area (Å²) in [5, 5.41) is 2.54. The van der Waals surface area contributed by atoms with Crippen molar-refractivity contribution in [3.8, 4) is 0 Å². The first-order chi connectivity index (χ1) is 9.13. The van der Waals surface area contributed by atoms with Crippen LogP contribution in [0.15, 0.2) is 30.3 Å². The molecule has 4 nitrogen and oxygen atoms in total. The van der Waals surface area contributed by atoms with Crippen molar-refractivity contribution in [3.63, 3.8) is 0 Å². The maximum Gasteiger partial charge on any atom is 0.317 e. The Balaban J connectivity index is 2.58. The van der Waals surface area contributed by atoms with Crippen molar-refractivity contribution >= 4 is 6.03 Å². The maximum absolute atomic E-state index is 12.5. The molecule has 0 unspecified atom stereocenters. The van der Waals surface area contributed by atoms with Crippen LogP contribution in [0.25, 0.3) is 0 Å². The molecule has 0 heterocycles. The van der Waals surface area contributed by atoms with Gasteiger partial charge in [0.1, 0.15) is 0 Å². The van der Waals surface area contributed by atoms with E-state index in [1.807, 2.05) is 6.07 Å². The summed E-state index contributed by atoms with van der Waals surface area (Å²) in [4.78, 5) is 12.9. The van der Waals surface area contributed by atoms with Gasteiger partial charge in [0.2, 0.25) is 0 Å². The molecule has 0 bridgehead atoms. The van der Waals surface area contributed by atoms with E-state index in [2.05, 4.69) is 5.32 Å². The molecule has 0 saturated carbocycles. The minimum Gasteiger partial charge on any atom is -0.383 e. The van der Waals surface area contributed by atoms with Gasteiger partial charge in [-0.15, -0.1) is 0 Å². The summed E-state index contributed by atoms with van der Waals surface area (Å²) in [5.41, 5.74) is 0.810. The molecule has 0 atom stereocenters. The highest BCUT2D eigenvalue weighted by atomic mass is 19.3. The Hall–Kier alpha value is -1.69. The van der Waals surface area contributed by atoms with Gasteiger partial charge >= 0.3 is 6.03 Å². The quantitative estimate of drug-likeness (QED) is 0.772. The number of halogens is 2. The number of methoxy groups -OCH3 is 1. The second-order valence-corrected chi connectivity index (χ2v) is 3.98. The molecule has 1 aromatic carbocycles. The lowest BCUT2D eigenvalue weighted by Crippen LogP contribution is -2.43. The first-order valence-corrected chi connectivity index (χ1v) is 5.97. The monoisotopic (exact) mass is 272 g/mol. The minimum atomic E-state index is -2.56. The van der Waals surface area contributed by atoms with E-state index in [0.717, 1.165) is 10.5 Å². The van der Waals surface area contributed by atoms with E-state index in [0.29, 0.717) is 13.2 Å². The summed E-state index contributed by atoms with van der Waals surface area (Å²) >= 11 is 0. The lowest BCUT2D eigenvalue weighted by molar-refractivity contribution is 0.0948. The van der Waals surface area contributed by atoms with E-state index in [9.17, 15) is 13.6 Å². The number of alkyl halides is 2. The average Bonchev–Trinajstić information content (AvgIpc) is 2.39. The molecule has 0 radical (unpaired) electrons. The number of nitrogens with one attached hydrogen (secondary N) is 1. The topological polar surface area (TPSA) is 41.6 Å². The largest absolute Gasteiger partial charge is 0.383 e. The smallest absolute Gasteiger partial charge is 0.317 e. The van der Waals surface area contributed by atoms with Crippen molar-refractivity contribution in [3.05, 3.63) is 35.9 Å². The summed E-state index contributed by atoms with van der Waals surface area (Å²) in [6, 6.07) is 8.51. The molecule has 6 heteroatoms. The summed E-state index contributed by atoms with van der Waals surface area (Å²) < 4.78 is 29.8. The highest BCUT2D eigenvalue weighted by Crippen LogP contribution is 2.07. The van der Waals surface area contributed by atoms with Crippen molar-refractivity contribution in [2.75, 3.05) is 26.8 Å². The summed E-state index contributed by atoms with van der Waals surface area (Å²) in [6.45, 7) is 0.209. The van der Waals surface area contributed by atoms with E-state index in [-0.39, 0.29) is 6.54 Å². The predicted molar refractivity (Wildman–Crippen MR) is 68.1 cm³/mol. The van der Waals surface area contributed by atoms with Crippen molar-refractivity contribution in [2.45, 2.75) is 13.0 Å². The molecule has 0 fully saturated rings. The Morgan fingerprint density at radius 2 is 2.05 bits per heavy atom. The van der Waals surface area contributed by atoms with Gasteiger partial charge in [-0.1, -0.05) is 30.3 Å². The van der Waals surface area contributed by atoms with Gasteiger partial charge in [0.05, 0.1) is 13.2 Å². The van der Waals surface area contributed by atoms with Crippen LogP contribution in [0.1, 0.15) is 5.56 Å². The molecule has 2 amide bonds. The fourth-order valence-electron chi connectivity index (χ4n) is 1.56. The van der Waals surface area contributed by atoms with Gasteiger partial charge in [0.25, 0.3) is 6.43 Å². The van der Waals surface area contributed by atoms with Gasteiger partial charge in [0.15, 0.2) is 0 Å². The average molecular weight is 272 g/mol. The van der Waals surface area contributed by atoms with E-state index < -0.39 is 19.0 Å². The molecule has 0 aliphatic rings. The minimum absolute atomic E-state index is 0.157. The Labute approximate surface area is 111 Å². The molecule has 1 aromatic rings. The van der Waals surface area contributed by atoms with Gasteiger partial charge in [-0.3, -0.25) is 0 Å². The molecule has 0 aliphatic carbocycles. The van der Waals surface area contributed by atoms with Crippen LogP contribution in [0.4, 0.5) is 13.6 Å². The molecule has 0 aliphatic heterocycles. The number of carbonyl (C=O) groups is 1. The van der Waals surface area contributed by atoms with Crippen molar-refractivity contribution in [1.29, 1.82) is 0 Å². The third-order valence-electron chi connectivity index (χ3n) is 2.44. The molecule has 19 heavy (non-hydrogen) atoms. The first-order valence-electron chi connectivity index (χ1n) is 5.97. The molecule has 1 N–H and O–H groups in total. The van der Waals surface area contributed by atoms with Gasteiger partial charge < -0.3 is 15.0 Å². The highest BCUT2D eigenvalue weighted by Gasteiger charge is 2.18. The molecule has 0 aromatic heterocycles. The zero-order chi connectivity index (χ0) is 14.1. The summed E-state index contributed by atoms with van der Waals surface area (Å²) in [7, 11) is 1.51. The number of rotatable bonds is 7. The van der Waals surface area contributed by atoms with Gasteiger partial charge in [-0.05, 0) is 5.56 Å². The van der Waals surface area contributed by atoms with Crippen LogP contribution >= 0.6 is 0 Å². The van der Waals surface area contributed by atoms with Crippen LogP contribution in [0.3, 0.4) is 0 Å². The van der Waals surface area contributed by atoms with Gasteiger partial charge in [0, 0.05) is 20.2 Å². The Morgan fingerprint density at radius 1 is 1.37 bits per heavy atom. The third-order valence-corrected chi connectivity index (χ3v) is 2.44. The van der Waals surface area contributed by atoms with Crippen LogP contribution in [-0.2, 0) is 11.3 Å². The van der Waals surface area contributed by atoms with E-state index in [1.165, 1.54) is 7.11 Å². The molecule has 106 valence electrons. The lowest BCUT2D eigenvalue weighted by Gasteiger charge is -2.22. The highest BCUT2D eigenvalue weighted by molar-refractivity contribution is 5.74. The van der Waals surface area contributed by atoms with Crippen LogP contribution in [0, 0.1) is 0 Å². The second-order valence-electron chi connectivity index (χ2n) is 3.98. The number of carbonyl (C=O) groups excluding carboxylic acids is 1. The van der Waals surface area contributed by atoms with Crippen LogP contribution < -0.4 is 5.32 Å². The second kappa shape index (κ2) is 8.42.